The highest BCUT2D eigenvalue weighted by atomic mass is 16.5. The molecule has 0 fully saturated rings. The van der Waals surface area contributed by atoms with Crippen molar-refractivity contribution >= 4 is 5.96 Å². The molecule has 0 saturated carbocycles. The van der Waals surface area contributed by atoms with Crippen LogP contribution in [0.15, 0.2) is 23.2 Å². The van der Waals surface area contributed by atoms with Crippen LogP contribution < -0.4 is 20.5 Å². The maximum atomic E-state index is 5.89. The molecule has 1 rings (SSSR count). The van der Waals surface area contributed by atoms with Gasteiger partial charge in [-0.1, -0.05) is 26.8 Å². The summed E-state index contributed by atoms with van der Waals surface area (Å²) in [4.78, 5) is 4.42. The van der Waals surface area contributed by atoms with E-state index in [9.17, 15) is 0 Å². The Morgan fingerprint density at radius 1 is 1.17 bits per heavy atom. The van der Waals surface area contributed by atoms with Gasteiger partial charge in [-0.2, -0.15) is 0 Å². The Morgan fingerprint density at radius 3 is 2.48 bits per heavy atom. The molecule has 0 saturated heterocycles. The number of aliphatic imine (C=N–C) groups is 1. The van der Waals surface area contributed by atoms with E-state index in [0.29, 0.717) is 24.3 Å². The average Bonchev–Trinajstić information content (AvgIpc) is 2.52. The number of nitrogens with two attached hydrogens (primary N) is 1. The van der Waals surface area contributed by atoms with Gasteiger partial charge in [0.05, 0.1) is 14.2 Å². The lowest BCUT2D eigenvalue weighted by atomic mass is 10.0. The molecule has 0 aromatic heterocycles. The molecule has 5 nitrogen and oxygen atoms in total. The zero-order valence-electron chi connectivity index (χ0n) is 15.1. The highest BCUT2D eigenvalue weighted by Gasteiger charge is 2.08. The first-order valence-corrected chi connectivity index (χ1v) is 8.21. The number of hydrogen-bond acceptors (Lipinski definition) is 3. The average molecular weight is 321 g/mol. The lowest BCUT2D eigenvalue weighted by Crippen LogP contribution is -2.33. The third-order valence-corrected chi connectivity index (χ3v) is 3.63. The molecule has 0 heterocycles. The van der Waals surface area contributed by atoms with Gasteiger partial charge in [0.2, 0.25) is 0 Å². The molecule has 0 aliphatic rings. The number of rotatable bonds is 9. The van der Waals surface area contributed by atoms with E-state index in [4.69, 9.17) is 15.2 Å². The number of nitrogens with zero attached hydrogens (tertiary/aromatic N) is 1. The molecule has 130 valence electrons. The van der Waals surface area contributed by atoms with Crippen LogP contribution in [0, 0.1) is 11.8 Å². The largest absolute Gasteiger partial charge is 0.493 e. The van der Waals surface area contributed by atoms with E-state index < -0.39 is 0 Å². The smallest absolute Gasteiger partial charge is 0.188 e. The van der Waals surface area contributed by atoms with Crippen LogP contribution in [-0.4, -0.2) is 33.3 Å². The fourth-order valence-corrected chi connectivity index (χ4v) is 2.27. The Kier molecular flexibility index (Phi) is 8.30. The van der Waals surface area contributed by atoms with Crippen LogP contribution in [0.4, 0.5) is 0 Å². The number of ether oxygens (including phenoxy) is 2. The third-order valence-electron chi connectivity index (χ3n) is 3.63. The molecule has 0 amide bonds. The monoisotopic (exact) mass is 321 g/mol. The van der Waals surface area contributed by atoms with Gasteiger partial charge in [0, 0.05) is 13.1 Å². The van der Waals surface area contributed by atoms with Crippen molar-refractivity contribution in [2.75, 3.05) is 27.3 Å². The number of benzene rings is 1. The Hall–Kier alpha value is -1.91. The number of methoxy groups -OCH3 is 2. The number of guanidine groups is 1. The highest BCUT2D eigenvalue weighted by molar-refractivity contribution is 5.77. The minimum Gasteiger partial charge on any atom is -0.493 e. The second-order valence-corrected chi connectivity index (χ2v) is 6.33. The second-order valence-electron chi connectivity index (χ2n) is 6.33. The summed E-state index contributed by atoms with van der Waals surface area (Å²) >= 11 is 0. The summed E-state index contributed by atoms with van der Waals surface area (Å²) in [6, 6.07) is 6.01. The molecule has 1 aromatic rings. The Bertz CT molecular complexity index is 501. The summed E-state index contributed by atoms with van der Waals surface area (Å²) in [6.45, 7) is 8.13. The molecule has 0 aliphatic carbocycles. The first-order valence-electron chi connectivity index (χ1n) is 8.21. The summed E-state index contributed by atoms with van der Waals surface area (Å²) < 4.78 is 10.6. The molecule has 1 unspecified atom stereocenters. The molecule has 1 aromatic carbocycles. The van der Waals surface area contributed by atoms with Gasteiger partial charge in [-0.15, -0.1) is 0 Å². The van der Waals surface area contributed by atoms with Crippen molar-refractivity contribution in [1.29, 1.82) is 0 Å². The van der Waals surface area contributed by atoms with Gasteiger partial charge < -0.3 is 20.5 Å². The molecule has 1 atom stereocenters. The van der Waals surface area contributed by atoms with Gasteiger partial charge in [-0.25, -0.2) is 0 Å². The van der Waals surface area contributed by atoms with Crippen LogP contribution in [0.25, 0.3) is 0 Å². The Balaban J connectivity index is 2.48. The van der Waals surface area contributed by atoms with E-state index in [1.54, 1.807) is 14.2 Å². The van der Waals surface area contributed by atoms with E-state index in [1.807, 2.05) is 12.1 Å². The fraction of sp³-hybridized carbons (Fsp3) is 0.611. The zero-order valence-corrected chi connectivity index (χ0v) is 15.1. The SMILES string of the molecule is COc1ccc(CC(C)CN=C(N)NCCC(C)C)cc1OC. The normalized spacial score (nSPS) is 13.0. The van der Waals surface area contributed by atoms with E-state index in [-0.39, 0.29) is 0 Å². The molecule has 0 aliphatic heterocycles. The highest BCUT2D eigenvalue weighted by Crippen LogP contribution is 2.28. The van der Waals surface area contributed by atoms with Crippen molar-refractivity contribution in [2.24, 2.45) is 22.6 Å². The predicted molar refractivity (Wildman–Crippen MR) is 96.4 cm³/mol. The number of nitrogens with one attached hydrogen (secondary N) is 1. The van der Waals surface area contributed by atoms with Gasteiger partial charge in [0.1, 0.15) is 0 Å². The van der Waals surface area contributed by atoms with E-state index >= 15 is 0 Å². The molecule has 23 heavy (non-hydrogen) atoms. The van der Waals surface area contributed by atoms with Gasteiger partial charge in [-0.3, -0.25) is 4.99 Å². The van der Waals surface area contributed by atoms with E-state index in [2.05, 4.69) is 37.1 Å². The zero-order chi connectivity index (χ0) is 17.2. The lowest BCUT2D eigenvalue weighted by molar-refractivity contribution is 0.354. The minimum absolute atomic E-state index is 0.401. The van der Waals surface area contributed by atoms with Crippen LogP contribution in [0.3, 0.4) is 0 Å². The Labute approximate surface area is 140 Å². The standard InChI is InChI=1S/C18H31N3O2/c1-13(2)8-9-20-18(19)21-12-14(3)10-15-6-7-16(22-4)17(11-15)23-5/h6-7,11,13-14H,8-10,12H2,1-5H3,(H3,19,20,21). The van der Waals surface area contributed by atoms with Crippen molar-refractivity contribution in [3.63, 3.8) is 0 Å². The van der Waals surface area contributed by atoms with Gasteiger partial charge in [0.25, 0.3) is 0 Å². The quantitative estimate of drug-likeness (QED) is 0.542. The molecule has 5 heteroatoms. The summed E-state index contributed by atoms with van der Waals surface area (Å²) in [5.41, 5.74) is 7.09. The van der Waals surface area contributed by atoms with Crippen molar-refractivity contribution < 1.29 is 9.47 Å². The molecule has 0 bridgehead atoms. The number of hydrogen-bond donors (Lipinski definition) is 2. The van der Waals surface area contributed by atoms with Crippen molar-refractivity contribution in [3.05, 3.63) is 23.8 Å². The molecule has 3 N–H and O–H groups in total. The van der Waals surface area contributed by atoms with Crippen LogP contribution in [0.1, 0.15) is 32.8 Å². The maximum Gasteiger partial charge on any atom is 0.188 e. The molecule has 0 radical (unpaired) electrons. The topological polar surface area (TPSA) is 68.9 Å². The van der Waals surface area contributed by atoms with Gasteiger partial charge in [0.15, 0.2) is 17.5 Å². The third kappa shape index (κ3) is 7.26. The summed E-state index contributed by atoms with van der Waals surface area (Å²) in [5.74, 6) is 3.11. The summed E-state index contributed by atoms with van der Waals surface area (Å²) in [5, 5.41) is 3.16. The van der Waals surface area contributed by atoms with Crippen molar-refractivity contribution in [3.8, 4) is 11.5 Å². The van der Waals surface area contributed by atoms with Crippen molar-refractivity contribution in [2.45, 2.75) is 33.6 Å². The van der Waals surface area contributed by atoms with Crippen LogP contribution in [0.2, 0.25) is 0 Å². The predicted octanol–water partition coefficient (Wildman–Crippen LogP) is 2.83. The van der Waals surface area contributed by atoms with Gasteiger partial charge in [-0.05, 0) is 42.4 Å². The second kappa shape index (κ2) is 9.98. The lowest BCUT2D eigenvalue weighted by Gasteiger charge is -2.13. The van der Waals surface area contributed by atoms with E-state index in [0.717, 1.165) is 30.9 Å². The molecular formula is C18H31N3O2. The van der Waals surface area contributed by atoms with Gasteiger partial charge >= 0.3 is 0 Å². The summed E-state index contributed by atoms with van der Waals surface area (Å²) in [6.07, 6.45) is 2.01. The van der Waals surface area contributed by atoms with Crippen LogP contribution in [0.5, 0.6) is 11.5 Å². The molecular weight excluding hydrogens is 290 g/mol. The Morgan fingerprint density at radius 2 is 1.87 bits per heavy atom. The van der Waals surface area contributed by atoms with Crippen LogP contribution >= 0.6 is 0 Å². The van der Waals surface area contributed by atoms with Crippen LogP contribution in [-0.2, 0) is 6.42 Å². The van der Waals surface area contributed by atoms with E-state index in [1.165, 1.54) is 5.56 Å². The first kappa shape index (κ1) is 19.1. The summed E-state index contributed by atoms with van der Waals surface area (Å²) in [7, 11) is 3.29. The minimum atomic E-state index is 0.401. The van der Waals surface area contributed by atoms with Crippen molar-refractivity contribution in [1.82, 2.24) is 5.32 Å². The fourth-order valence-electron chi connectivity index (χ4n) is 2.27. The maximum absolute atomic E-state index is 5.89. The first-order chi connectivity index (χ1) is 11.0. The molecule has 0 spiro atoms.